The van der Waals surface area contributed by atoms with Crippen molar-refractivity contribution >= 4 is 69.6 Å². The van der Waals surface area contributed by atoms with E-state index in [9.17, 15) is 28.8 Å². The number of hydrogen-bond donors (Lipinski definition) is 4. The molecule has 374 valence electrons. The zero-order chi connectivity index (χ0) is 51.3. The fourth-order valence-corrected chi connectivity index (χ4v) is 7.98. The first-order valence-corrected chi connectivity index (χ1v) is 22.9. The number of aromatic nitrogens is 8. The van der Waals surface area contributed by atoms with Gasteiger partial charge in [0.2, 0.25) is 29.6 Å². The van der Waals surface area contributed by atoms with Crippen LogP contribution in [0.2, 0.25) is 0 Å². The Morgan fingerprint density at radius 1 is 0.704 bits per heavy atom. The Bertz CT molecular complexity index is 3110. The first-order valence-electron chi connectivity index (χ1n) is 22.9. The van der Waals surface area contributed by atoms with Crippen molar-refractivity contribution < 1.29 is 43.0 Å². The average molecular weight is 975 g/mol. The van der Waals surface area contributed by atoms with Gasteiger partial charge in [-0.3, -0.25) is 48.9 Å². The summed E-state index contributed by atoms with van der Waals surface area (Å²) in [4.78, 5) is 90.5. The molecule has 0 spiro atoms. The first-order chi connectivity index (χ1) is 33.8. The van der Waals surface area contributed by atoms with E-state index in [0.29, 0.717) is 71.0 Å². The third-order valence-corrected chi connectivity index (χ3v) is 11.3. The second-order valence-electron chi connectivity index (χ2n) is 17.6. The molecule has 1 aliphatic rings. The molecular formula is C48H58N14O9. The minimum atomic E-state index is -0.734. The van der Waals surface area contributed by atoms with Crippen molar-refractivity contribution in [1.29, 1.82) is 0 Å². The second-order valence-corrected chi connectivity index (χ2v) is 17.6. The van der Waals surface area contributed by atoms with Gasteiger partial charge in [-0.15, -0.1) is 0 Å². The number of methoxy groups -OCH3 is 1. The molecule has 0 unspecified atom stereocenters. The van der Waals surface area contributed by atoms with Gasteiger partial charge in [-0.25, -0.2) is 14.8 Å². The maximum atomic E-state index is 13.9. The van der Waals surface area contributed by atoms with E-state index in [-0.39, 0.29) is 73.2 Å². The molecule has 7 rings (SSSR count). The third-order valence-electron chi connectivity index (χ3n) is 11.3. The predicted molar refractivity (Wildman–Crippen MR) is 262 cm³/mol. The number of benzene rings is 2. The number of fused-ring (bicyclic) bond motifs is 2. The molecule has 2 aromatic carbocycles. The summed E-state index contributed by atoms with van der Waals surface area (Å²) in [5, 5.41) is 14.6. The van der Waals surface area contributed by atoms with Crippen LogP contribution in [0.4, 0.5) is 16.7 Å². The molecule has 0 atom stereocenters. The average Bonchev–Trinajstić information content (AvgIpc) is 4.08. The summed E-state index contributed by atoms with van der Waals surface area (Å²) < 4.78 is 24.0. The highest BCUT2D eigenvalue weighted by atomic mass is 16.6. The predicted octanol–water partition coefficient (Wildman–Crippen LogP) is 4.42. The lowest BCUT2D eigenvalue weighted by Crippen LogP contribution is -2.53. The molecule has 23 heteroatoms. The summed E-state index contributed by atoms with van der Waals surface area (Å²) in [6.45, 7) is 14.5. The molecule has 23 nitrogen and oxygen atoms in total. The fraction of sp³-hybridized carbons (Fsp3) is 0.375. The van der Waals surface area contributed by atoms with Crippen LogP contribution in [0.3, 0.4) is 0 Å². The molecule has 0 radical (unpaired) electrons. The highest BCUT2D eigenvalue weighted by molar-refractivity contribution is 6.05. The Kier molecular flexibility index (Phi) is 14.9. The van der Waals surface area contributed by atoms with E-state index in [1.807, 2.05) is 13.8 Å². The van der Waals surface area contributed by atoms with Crippen LogP contribution in [-0.2, 0) is 35.7 Å². The summed E-state index contributed by atoms with van der Waals surface area (Å²) in [5.41, 5.74) is 14.5. The third kappa shape index (κ3) is 11.4. The van der Waals surface area contributed by atoms with Gasteiger partial charge in [-0.2, -0.15) is 10.2 Å². The second kappa shape index (κ2) is 21.0. The number of anilines is 2. The smallest absolute Gasteiger partial charge is 0.410 e. The number of nitrogens with one attached hydrogen (secondary N) is 2. The molecule has 0 saturated carbocycles. The van der Waals surface area contributed by atoms with Crippen molar-refractivity contribution in [3.8, 4) is 11.5 Å². The largest absolute Gasteiger partial charge is 0.494 e. The van der Waals surface area contributed by atoms with Crippen LogP contribution < -0.4 is 31.6 Å². The standard InChI is InChI=1S/C48H58N14O9/c1-9-61-34(21-28(3)55-61)43(66)53-45-51-32-23-30(41(49)64)25-36(69-8)39(32)59(45)16-11-12-17-60-40-33(52-46(60)54-44(67)35-22-29(4)56-62(35)10-2)24-31(42(50)65)26-37(40)70-20-14-13-15-57-18-19-58(27-38(57)63)47(68)71-48(5,6)7/h11-14,21-26H,9-10,15-20,27H2,1-8H3,(H2,49,64)(H2,50,65)(H,51,53,66)(H,52,54,67)/b12-11+,14-13-. The van der Waals surface area contributed by atoms with Gasteiger partial charge in [0.05, 0.1) is 29.5 Å². The molecular weight excluding hydrogens is 917 g/mol. The molecule has 71 heavy (non-hydrogen) atoms. The normalized spacial score (nSPS) is 13.2. The number of ether oxygens (including phenoxy) is 3. The number of carbonyl (C=O) groups is 6. The number of piperazine rings is 1. The Labute approximate surface area is 408 Å². The number of nitrogens with zero attached hydrogens (tertiary/aromatic N) is 10. The molecule has 1 aliphatic heterocycles. The highest BCUT2D eigenvalue weighted by Gasteiger charge is 2.30. The van der Waals surface area contributed by atoms with Gasteiger partial charge in [-0.05, 0) is 90.9 Å². The van der Waals surface area contributed by atoms with E-state index < -0.39 is 35.3 Å². The lowest BCUT2D eigenvalue weighted by Gasteiger charge is -2.34. The molecule has 6 amide bonds. The molecule has 4 aromatic heterocycles. The van der Waals surface area contributed by atoms with Crippen LogP contribution in [-0.4, -0.2) is 130 Å². The Hall–Kier alpha value is -8.50. The number of imidazole rings is 2. The Balaban J connectivity index is 1.20. The fourth-order valence-electron chi connectivity index (χ4n) is 7.98. The van der Waals surface area contributed by atoms with Crippen molar-refractivity contribution in [2.45, 2.75) is 80.2 Å². The van der Waals surface area contributed by atoms with Crippen molar-refractivity contribution in [2.75, 3.05) is 50.5 Å². The zero-order valence-corrected chi connectivity index (χ0v) is 40.9. The van der Waals surface area contributed by atoms with Crippen molar-refractivity contribution in [2.24, 2.45) is 11.5 Å². The van der Waals surface area contributed by atoms with E-state index in [2.05, 4.69) is 20.8 Å². The number of allylic oxidation sites excluding steroid dienone is 2. The quantitative estimate of drug-likeness (QED) is 0.0870. The summed E-state index contributed by atoms with van der Waals surface area (Å²) in [6.07, 6.45) is 6.55. The van der Waals surface area contributed by atoms with Crippen molar-refractivity contribution in [3.05, 3.63) is 94.6 Å². The maximum Gasteiger partial charge on any atom is 0.410 e. The highest BCUT2D eigenvalue weighted by Crippen LogP contribution is 2.33. The summed E-state index contributed by atoms with van der Waals surface area (Å²) in [6, 6.07) is 9.34. The maximum absolute atomic E-state index is 13.9. The number of primary amides is 2. The lowest BCUT2D eigenvalue weighted by molar-refractivity contribution is -0.135. The zero-order valence-electron chi connectivity index (χ0n) is 40.9. The van der Waals surface area contributed by atoms with Crippen molar-refractivity contribution in [1.82, 2.24) is 48.5 Å². The molecule has 0 aliphatic carbocycles. The Morgan fingerprint density at radius 3 is 1.66 bits per heavy atom. The van der Waals surface area contributed by atoms with Gasteiger partial charge in [0, 0.05) is 56.9 Å². The van der Waals surface area contributed by atoms with Crippen LogP contribution in [0.1, 0.15) is 87.7 Å². The minimum absolute atomic E-state index is 0.00116. The first kappa shape index (κ1) is 50.4. The minimum Gasteiger partial charge on any atom is -0.494 e. The van der Waals surface area contributed by atoms with Gasteiger partial charge in [0.15, 0.2) is 0 Å². The number of aryl methyl sites for hydroxylation is 4. The van der Waals surface area contributed by atoms with Gasteiger partial charge in [0.25, 0.3) is 11.8 Å². The van der Waals surface area contributed by atoms with Crippen LogP contribution >= 0.6 is 0 Å². The number of nitrogens with two attached hydrogens (primary N) is 2. The molecule has 1 fully saturated rings. The van der Waals surface area contributed by atoms with Gasteiger partial charge >= 0.3 is 6.09 Å². The SMILES string of the molecule is CCn1nc(C)cc1C(=O)Nc1nc2cc(C(N)=O)cc(OC)c2n1C/C=C/Cn1c(NC(=O)c2cc(C)nn2CC)nc2cc(C(N)=O)cc(OC/C=C\CN3CCN(C(=O)OC(C)(C)C)CC3=O)c21. The summed E-state index contributed by atoms with van der Waals surface area (Å²) >= 11 is 0. The number of amides is 6. The monoisotopic (exact) mass is 974 g/mol. The molecule has 0 bridgehead atoms. The number of carbonyl (C=O) groups excluding carboxylic acids is 6. The Morgan fingerprint density at radius 2 is 1.20 bits per heavy atom. The van der Waals surface area contributed by atoms with Crippen LogP contribution in [0, 0.1) is 13.8 Å². The van der Waals surface area contributed by atoms with E-state index >= 15 is 0 Å². The summed E-state index contributed by atoms with van der Waals surface area (Å²) in [5.74, 6) is -1.83. The van der Waals surface area contributed by atoms with Gasteiger partial charge < -0.3 is 39.7 Å². The van der Waals surface area contributed by atoms with E-state index in [0.717, 1.165) is 0 Å². The van der Waals surface area contributed by atoms with E-state index in [4.69, 9.17) is 35.6 Å². The van der Waals surface area contributed by atoms with Crippen LogP contribution in [0.25, 0.3) is 22.1 Å². The lowest BCUT2D eigenvalue weighted by atomic mass is 10.1. The van der Waals surface area contributed by atoms with Gasteiger partial charge in [0.1, 0.15) is 52.7 Å². The van der Waals surface area contributed by atoms with Crippen LogP contribution in [0.15, 0.2) is 60.7 Å². The van der Waals surface area contributed by atoms with Crippen molar-refractivity contribution in [3.63, 3.8) is 0 Å². The van der Waals surface area contributed by atoms with E-state index in [1.54, 1.807) is 94.5 Å². The van der Waals surface area contributed by atoms with E-state index in [1.165, 1.54) is 36.3 Å². The molecule has 6 aromatic rings. The molecule has 5 heterocycles. The van der Waals surface area contributed by atoms with Gasteiger partial charge in [-0.1, -0.05) is 18.2 Å². The molecule has 6 N–H and O–H groups in total. The topological polar surface area (TPSA) is 284 Å². The van der Waals surface area contributed by atoms with Crippen LogP contribution in [0.5, 0.6) is 11.5 Å². The number of rotatable bonds is 18. The summed E-state index contributed by atoms with van der Waals surface area (Å²) in [7, 11) is 1.44. The molecule has 1 saturated heterocycles. The number of hydrogen-bond acceptors (Lipinski definition) is 13.